The van der Waals surface area contributed by atoms with E-state index in [-0.39, 0.29) is 62.6 Å². The molecule has 0 aliphatic carbocycles. The van der Waals surface area contributed by atoms with Crippen LogP contribution in [-0.2, 0) is 36.1 Å². The quantitative estimate of drug-likeness (QED) is 0.0826. The number of hydrazine groups is 1. The first-order chi connectivity index (χ1) is 30.2. The van der Waals surface area contributed by atoms with Crippen LogP contribution in [0.1, 0.15) is 46.3 Å². The number of benzene rings is 3. The number of urea groups is 1. The van der Waals surface area contributed by atoms with Crippen molar-refractivity contribution in [1.29, 1.82) is 0 Å². The second kappa shape index (κ2) is 18.9. The zero-order valence-corrected chi connectivity index (χ0v) is 35.1. The highest BCUT2D eigenvalue weighted by Crippen LogP contribution is 2.32. The summed E-state index contributed by atoms with van der Waals surface area (Å²) in [6.07, 6.45) is 8.00. The number of aryl methyl sites for hydroxylation is 1. The van der Waals surface area contributed by atoms with Gasteiger partial charge in [-0.05, 0) is 79.9 Å². The third kappa shape index (κ3) is 9.28. The second-order valence-corrected chi connectivity index (χ2v) is 16.2. The summed E-state index contributed by atoms with van der Waals surface area (Å²) in [5.74, 6) is -0.00898. The van der Waals surface area contributed by atoms with Crippen LogP contribution >= 0.6 is 0 Å². The monoisotopic (exact) mass is 838 g/mol. The Morgan fingerprint density at radius 3 is 2.48 bits per heavy atom. The lowest BCUT2D eigenvalue weighted by molar-refractivity contribution is -0.189. The predicted octanol–water partition coefficient (Wildman–Crippen LogP) is 5.17. The Kier molecular flexibility index (Phi) is 12.8. The molecule has 3 fully saturated rings. The van der Waals surface area contributed by atoms with Crippen LogP contribution in [0.5, 0.6) is 5.75 Å². The summed E-state index contributed by atoms with van der Waals surface area (Å²) in [5.41, 5.74) is 4.27. The number of nitrogens with zero attached hydrogens (tertiary/aromatic N) is 7. The number of carbonyl (C=O) groups is 4. The predicted molar refractivity (Wildman–Crippen MR) is 238 cm³/mol. The summed E-state index contributed by atoms with van der Waals surface area (Å²) in [6, 6.07) is 24.2. The largest absolute Gasteiger partial charge is 0.508 e. The molecule has 322 valence electrons. The highest BCUT2D eigenvalue weighted by Gasteiger charge is 2.51. The molecule has 15 nitrogen and oxygen atoms in total. The van der Waals surface area contributed by atoms with Gasteiger partial charge in [-0.1, -0.05) is 66.7 Å². The molecular weight excluding hydrogens is 785 g/mol. The minimum Gasteiger partial charge on any atom is -0.508 e. The van der Waals surface area contributed by atoms with Gasteiger partial charge in [-0.3, -0.25) is 14.4 Å². The topological polar surface area (TPSA) is 159 Å². The molecule has 0 radical (unpaired) electrons. The number of piperazine rings is 1. The zero-order valence-electron chi connectivity index (χ0n) is 35.1. The molecule has 4 N–H and O–H groups in total. The molecule has 2 aromatic heterocycles. The number of pyridine rings is 1. The summed E-state index contributed by atoms with van der Waals surface area (Å²) in [4.78, 5) is 67.1. The average molecular weight is 839 g/mol. The number of aromatic hydroxyl groups is 1. The van der Waals surface area contributed by atoms with Crippen molar-refractivity contribution in [1.82, 2.24) is 39.6 Å². The van der Waals surface area contributed by atoms with Crippen molar-refractivity contribution in [3.05, 3.63) is 132 Å². The number of likely N-dealkylation sites (tertiary alicyclic amines) is 1. The minimum absolute atomic E-state index is 0.0352. The van der Waals surface area contributed by atoms with Crippen molar-refractivity contribution in [3.63, 3.8) is 0 Å². The van der Waals surface area contributed by atoms with E-state index in [1.165, 1.54) is 25.9 Å². The van der Waals surface area contributed by atoms with Gasteiger partial charge in [0.25, 0.3) is 5.91 Å². The van der Waals surface area contributed by atoms with Gasteiger partial charge < -0.3 is 40.3 Å². The van der Waals surface area contributed by atoms with Crippen LogP contribution in [0.3, 0.4) is 0 Å². The maximum Gasteiger partial charge on any atom is 0.334 e. The Morgan fingerprint density at radius 1 is 0.952 bits per heavy atom. The van der Waals surface area contributed by atoms with Crippen LogP contribution in [0.4, 0.5) is 16.3 Å². The van der Waals surface area contributed by atoms with Crippen LogP contribution < -0.4 is 16.0 Å². The zero-order chi connectivity index (χ0) is 43.2. The molecule has 62 heavy (non-hydrogen) atoms. The molecule has 0 bridgehead atoms. The van der Waals surface area contributed by atoms with Gasteiger partial charge >= 0.3 is 6.03 Å². The van der Waals surface area contributed by atoms with Crippen molar-refractivity contribution < 1.29 is 24.3 Å². The van der Waals surface area contributed by atoms with E-state index in [9.17, 15) is 24.3 Å². The number of carbonyl (C=O) groups excluding carboxylic acids is 4. The summed E-state index contributed by atoms with van der Waals surface area (Å²) in [6.45, 7) is 8.71. The van der Waals surface area contributed by atoms with Crippen molar-refractivity contribution >= 4 is 46.2 Å². The van der Waals surface area contributed by atoms with E-state index in [1.807, 2.05) is 72.3 Å². The third-order valence-corrected chi connectivity index (χ3v) is 11.9. The first-order valence-corrected chi connectivity index (χ1v) is 21.3. The van der Waals surface area contributed by atoms with Crippen molar-refractivity contribution in [2.24, 2.45) is 7.05 Å². The van der Waals surface area contributed by atoms with E-state index >= 15 is 0 Å². The van der Waals surface area contributed by atoms with E-state index in [4.69, 9.17) is 0 Å². The summed E-state index contributed by atoms with van der Waals surface area (Å²) in [5, 5.41) is 23.3. The van der Waals surface area contributed by atoms with Gasteiger partial charge in [0.2, 0.25) is 11.8 Å². The van der Waals surface area contributed by atoms with E-state index in [2.05, 4.69) is 32.4 Å². The molecule has 5 heterocycles. The lowest BCUT2D eigenvalue weighted by atomic mass is 9.98. The highest BCUT2D eigenvalue weighted by atomic mass is 16.3. The number of hydrogen-bond acceptors (Lipinski definition) is 9. The molecule has 0 saturated carbocycles. The molecule has 0 spiro atoms. The van der Waals surface area contributed by atoms with Crippen LogP contribution in [0.15, 0.2) is 110 Å². The van der Waals surface area contributed by atoms with Crippen LogP contribution in [-0.4, -0.2) is 121 Å². The average Bonchev–Trinajstić information content (AvgIpc) is 3.93. The van der Waals surface area contributed by atoms with Crippen molar-refractivity contribution in [3.8, 4) is 5.75 Å². The Hall–Kier alpha value is -6.71. The van der Waals surface area contributed by atoms with Gasteiger partial charge in [-0.2, -0.15) is 0 Å². The second-order valence-electron chi connectivity index (χ2n) is 16.2. The normalized spacial score (nSPS) is 18.2. The van der Waals surface area contributed by atoms with Gasteiger partial charge in [0.1, 0.15) is 23.8 Å². The number of hydrogen-bond donors (Lipinski definition) is 4. The molecule has 8 rings (SSSR count). The van der Waals surface area contributed by atoms with Gasteiger partial charge in [0.05, 0.1) is 36.1 Å². The summed E-state index contributed by atoms with van der Waals surface area (Å²) < 4.78 is 1.89. The maximum absolute atomic E-state index is 14.7. The molecule has 2 atom stereocenters. The van der Waals surface area contributed by atoms with Gasteiger partial charge in [0, 0.05) is 51.2 Å². The third-order valence-electron chi connectivity index (χ3n) is 11.9. The van der Waals surface area contributed by atoms with E-state index in [1.54, 1.807) is 62.6 Å². The first-order valence-electron chi connectivity index (χ1n) is 21.3. The molecule has 3 aliphatic heterocycles. The Bertz CT molecular complexity index is 2400. The lowest BCUT2D eigenvalue weighted by Crippen LogP contribution is -2.76. The van der Waals surface area contributed by atoms with Gasteiger partial charge in [-0.15, -0.1) is 6.58 Å². The lowest BCUT2D eigenvalue weighted by Gasteiger charge is -2.55. The fourth-order valence-corrected chi connectivity index (χ4v) is 8.92. The number of nitrogens with one attached hydrogen (secondary N) is 3. The van der Waals surface area contributed by atoms with E-state index in [0.717, 1.165) is 47.5 Å². The number of phenolic OH excluding ortho intramolecular Hbond substituents is 1. The molecular formula is C47H54N10O5. The number of aromatic nitrogens is 2. The Morgan fingerprint density at radius 2 is 1.74 bits per heavy atom. The highest BCUT2D eigenvalue weighted by molar-refractivity contribution is 6.13. The van der Waals surface area contributed by atoms with E-state index in [0.29, 0.717) is 16.6 Å². The smallest absolute Gasteiger partial charge is 0.334 e. The molecule has 15 heteroatoms. The minimum atomic E-state index is -0.944. The van der Waals surface area contributed by atoms with Crippen LogP contribution in [0.2, 0.25) is 0 Å². The summed E-state index contributed by atoms with van der Waals surface area (Å²) in [7, 11) is 1.87. The fraction of sp³-hybridized carbons (Fsp3) is 0.340. The molecule has 3 aromatic carbocycles. The number of anilines is 2. The van der Waals surface area contributed by atoms with Gasteiger partial charge in [0.15, 0.2) is 0 Å². The summed E-state index contributed by atoms with van der Waals surface area (Å²) >= 11 is 0. The van der Waals surface area contributed by atoms with E-state index < -0.39 is 18.2 Å². The number of amides is 5. The molecule has 3 aliphatic rings. The molecule has 2 unspecified atom stereocenters. The standard InChI is InChI=1S/C47H54N10O5/c1-3-22-55-32-43(59)56-40(26-33-15-18-37(58)19-16-33)46(61)54(31-42(56)57(55)47(62)50-27-34-11-5-4-6-12-34)29-35-13-9-14-38-39(30-52(2)44(35)38)45(60)51-36-17-20-41(49-28-36)48-21-10-25-53-23-7-8-24-53/h3-6,9,11-20,28,30,40,42,58H,1,7-8,10,21-27,29,31-32H2,2H3,(H,48,49)(H,50,62)(H,51,60). The number of para-hydroxylation sites is 1. The number of rotatable bonds is 15. The molecule has 5 amide bonds. The molecule has 3 saturated heterocycles. The SMILES string of the molecule is C=CCN1CC(=O)N2C(Cc3ccc(O)cc3)C(=O)N(Cc3cccc4c(C(=O)Nc5ccc(NCCCN6CCCC6)nc5)cn(C)c34)CC2N1C(=O)NCc1ccccc1. The number of fused-ring (bicyclic) bond motifs is 2. The maximum atomic E-state index is 14.7. The number of phenols is 1. The van der Waals surface area contributed by atoms with Crippen LogP contribution in [0.25, 0.3) is 10.9 Å². The Labute approximate surface area is 361 Å². The fourth-order valence-electron chi connectivity index (χ4n) is 8.92. The van der Waals surface area contributed by atoms with Crippen LogP contribution in [0, 0.1) is 0 Å². The van der Waals surface area contributed by atoms with Gasteiger partial charge in [-0.25, -0.2) is 19.8 Å². The van der Waals surface area contributed by atoms with Crippen molar-refractivity contribution in [2.45, 2.75) is 51.0 Å². The van der Waals surface area contributed by atoms with Crippen molar-refractivity contribution in [2.75, 3.05) is 56.4 Å². The molecule has 5 aromatic rings. The Balaban J connectivity index is 1.03. The first kappa shape index (κ1) is 42.0.